The van der Waals surface area contributed by atoms with Gasteiger partial charge in [-0.25, -0.2) is 4.98 Å². The Labute approximate surface area is 123 Å². The van der Waals surface area contributed by atoms with E-state index in [1.54, 1.807) is 13.1 Å². The van der Waals surface area contributed by atoms with E-state index in [0.29, 0.717) is 16.4 Å². The Morgan fingerprint density at radius 2 is 2.32 bits per heavy atom. The molecule has 0 aromatic carbocycles. The minimum absolute atomic E-state index is 0.133. The van der Waals surface area contributed by atoms with E-state index in [4.69, 9.17) is 11.6 Å². The maximum Gasteiger partial charge on any atom is 0.253 e. The highest BCUT2D eigenvalue weighted by molar-refractivity contribution is 7.99. The first-order chi connectivity index (χ1) is 9.08. The van der Waals surface area contributed by atoms with Crippen molar-refractivity contribution in [1.29, 1.82) is 0 Å². The lowest BCUT2D eigenvalue weighted by Gasteiger charge is -2.13. The van der Waals surface area contributed by atoms with Gasteiger partial charge in [-0.05, 0) is 30.9 Å². The third-order valence-electron chi connectivity index (χ3n) is 2.62. The van der Waals surface area contributed by atoms with Crippen molar-refractivity contribution in [3.05, 3.63) is 22.8 Å². The molecule has 1 atom stereocenters. The fraction of sp³-hybridized carbons (Fsp3) is 0.538. The second-order valence-electron chi connectivity index (χ2n) is 4.16. The van der Waals surface area contributed by atoms with Gasteiger partial charge in [0, 0.05) is 19.3 Å². The first-order valence-corrected chi connectivity index (χ1v) is 7.83. The number of hydrogen-bond donors (Lipinski definition) is 2. The smallest absolute Gasteiger partial charge is 0.253 e. The summed E-state index contributed by atoms with van der Waals surface area (Å²) in [5.74, 6) is 2.60. The molecule has 0 aliphatic heterocycles. The van der Waals surface area contributed by atoms with Gasteiger partial charge >= 0.3 is 0 Å². The topological polar surface area (TPSA) is 54.0 Å². The Bertz CT molecular complexity index is 428. The molecular weight excluding hydrogens is 282 g/mol. The predicted octanol–water partition coefficient (Wildman–Crippen LogP) is 3.04. The summed E-state index contributed by atoms with van der Waals surface area (Å²) in [4.78, 5) is 16.1. The van der Waals surface area contributed by atoms with Crippen molar-refractivity contribution < 1.29 is 4.79 Å². The molecule has 0 bridgehead atoms. The summed E-state index contributed by atoms with van der Waals surface area (Å²) >= 11 is 7.88. The van der Waals surface area contributed by atoms with Crippen molar-refractivity contribution >= 4 is 35.1 Å². The third-order valence-corrected chi connectivity index (χ3v) is 3.84. The predicted molar refractivity (Wildman–Crippen MR) is 83.3 cm³/mol. The second-order valence-corrected chi connectivity index (χ2v) is 5.97. The van der Waals surface area contributed by atoms with Gasteiger partial charge in [0.1, 0.15) is 5.82 Å². The molecule has 0 spiro atoms. The number of rotatable bonds is 7. The van der Waals surface area contributed by atoms with Gasteiger partial charge in [-0.1, -0.05) is 18.5 Å². The van der Waals surface area contributed by atoms with Crippen LogP contribution in [0.2, 0.25) is 5.02 Å². The van der Waals surface area contributed by atoms with E-state index >= 15 is 0 Å². The molecule has 19 heavy (non-hydrogen) atoms. The van der Waals surface area contributed by atoms with Crippen LogP contribution in [-0.4, -0.2) is 35.5 Å². The Morgan fingerprint density at radius 3 is 2.89 bits per heavy atom. The molecule has 1 aromatic heterocycles. The highest BCUT2D eigenvalue weighted by Crippen LogP contribution is 2.19. The number of pyridine rings is 1. The lowest BCUT2D eigenvalue weighted by molar-refractivity contribution is 0.0939. The van der Waals surface area contributed by atoms with Crippen LogP contribution in [0.25, 0.3) is 0 Å². The molecule has 0 fully saturated rings. The largest absolute Gasteiger partial charge is 0.372 e. The van der Waals surface area contributed by atoms with Gasteiger partial charge < -0.3 is 10.6 Å². The van der Waals surface area contributed by atoms with Crippen LogP contribution in [0.3, 0.4) is 0 Å². The minimum atomic E-state index is -0.133. The lowest BCUT2D eigenvalue weighted by atomic mass is 10.2. The van der Waals surface area contributed by atoms with Crippen molar-refractivity contribution in [1.82, 2.24) is 10.3 Å². The van der Waals surface area contributed by atoms with Gasteiger partial charge in [0.2, 0.25) is 0 Å². The van der Waals surface area contributed by atoms with Gasteiger partial charge in [-0.15, -0.1) is 0 Å². The second kappa shape index (κ2) is 8.27. The zero-order valence-corrected chi connectivity index (χ0v) is 13.1. The summed E-state index contributed by atoms with van der Waals surface area (Å²) in [5.41, 5.74) is 0.485. The number of thioether (sulfide) groups is 1. The molecule has 4 nitrogen and oxygen atoms in total. The summed E-state index contributed by atoms with van der Waals surface area (Å²) in [6.45, 7) is 4.13. The average Bonchev–Trinajstić information content (AvgIpc) is 2.38. The summed E-state index contributed by atoms with van der Waals surface area (Å²) < 4.78 is 0. The van der Waals surface area contributed by atoms with Crippen LogP contribution in [0.15, 0.2) is 12.3 Å². The number of carbonyl (C=O) groups is 1. The van der Waals surface area contributed by atoms with Gasteiger partial charge in [0.15, 0.2) is 0 Å². The maximum atomic E-state index is 12.0. The SMILES string of the molecule is CCSCCC(C)NC(=O)c1cnc(NC)c(Cl)c1. The number of carbonyl (C=O) groups excluding carboxylic acids is 1. The van der Waals surface area contributed by atoms with E-state index in [2.05, 4.69) is 22.5 Å². The van der Waals surface area contributed by atoms with Crippen molar-refractivity contribution in [3.8, 4) is 0 Å². The Balaban J connectivity index is 2.55. The van der Waals surface area contributed by atoms with Crippen LogP contribution in [0.5, 0.6) is 0 Å². The molecule has 0 saturated heterocycles. The standard InChI is InChI=1S/C13H20ClN3OS/c1-4-19-6-5-9(2)17-13(18)10-7-11(14)12(15-3)16-8-10/h7-9H,4-6H2,1-3H3,(H,15,16)(H,17,18). The summed E-state index contributed by atoms with van der Waals surface area (Å²) in [6.07, 6.45) is 2.49. The average molecular weight is 302 g/mol. The Morgan fingerprint density at radius 1 is 1.58 bits per heavy atom. The zero-order valence-electron chi connectivity index (χ0n) is 11.5. The number of aromatic nitrogens is 1. The van der Waals surface area contributed by atoms with Crippen molar-refractivity contribution in [2.45, 2.75) is 26.3 Å². The number of nitrogens with one attached hydrogen (secondary N) is 2. The van der Waals surface area contributed by atoms with E-state index in [9.17, 15) is 4.79 Å². The van der Waals surface area contributed by atoms with E-state index in [1.807, 2.05) is 18.7 Å². The Kier molecular flexibility index (Phi) is 7.02. The number of amides is 1. The van der Waals surface area contributed by atoms with Crippen LogP contribution in [0, 0.1) is 0 Å². The van der Waals surface area contributed by atoms with E-state index in [-0.39, 0.29) is 11.9 Å². The molecule has 0 aliphatic carbocycles. The normalized spacial score (nSPS) is 12.0. The van der Waals surface area contributed by atoms with E-state index in [0.717, 1.165) is 17.9 Å². The quantitative estimate of drug-likeness (QED) is 0.760. The monoisotopic (exact) mass is 301 g/mol. The molecule has 0 saturated carbocycles. The maximum absolute atomic E-state index is 12.0. The van der Waals surface area contributed by atoms with E-state index < -0.39 is 0 Å². The van der Waals surface area contributed by atoms with Crippen LogP contribution in [-0.2, 0) is 0 Å². The summed E-state index contributed by atoms with van der Waals surface area (Å²) in [7, 11) is 1.74. The molecule has 1 amide bonds. The first-order valence-electron chi connectivity index (χ1n) is 6.30. The number of nitrogens with zero attached hydrogens (tertiary/aromatic N) is 1. The molecule has 1 rings (SSSR count). The highest BCUT2D eigenvalue weighted by atomic mass is 35.5. The van der Waals surface area contributed by atoms with Crippen molar-refractivity contribution in [2.75, 3.05) is 23.9 Å². The first kappa shape index (κ1) is 16.1. The molecule has 106 valence electrons. The van der Waals surface area contributed by atoms with Crippen molar-refractivity contribution in [2.24, 2.45) is 0 Å². The summed E-state index contributed by atoms with van der Waals surface area (Å²) in [5, 5.41) is 6.26. The van der Waals surface area contributed by atoms with Crippen LogP contribution >= 0.6 is 23.4 Å². The zero-order chi connectivity index (χ0) is 14.3. The fourth-order valence-electron chi connectivity index (χ4n) is 1.53. The molecule has 6 heteroatoms. The molecule has 2 N–H and O–H groups in total. The summed E-state index contributed by atoms with van der Waals surface area (Å²) in [6, 6.07) is 1.78. The van der Waals surface area contributed by atoms with E-state index in [1.165, 1.54) is 6.20 Å². The van der Waals surface area contributed by atoms with Gasteiger partial charge in [-0.3, -0.25) is 4.79 Å². The number of anilines is 1. The number of halogens is 1. The molecule has 0 radical (unpaired) electrons. The van der Waals surface area contributed by atoms with Crippen molar-refractivity contribution in [3.63, 3.8) is 0 Å². The van der Waals surface area contributed by atoms with Crippen LogP contribution in [0.4, 0.5) is 5.82 Å². The number of hydrogen-bond acceptors (Lipinski definition) is 4. The molecule has 1 heterocycles. The molecule has 1 aromatic rings. The molecule has 1 unspecified atom stereocenters. The van der Waals surface area contributed by atoms with Crippen LogP contribution in [0.1, 0.15) is 30.6 Å². The Hall–Kier alpha value is -0.940. The van der Waals surface area contributed by atoms with Gasteiger partial charge in [0.25, 0.3) is 5.91 Å². The van der Waals surface area contributed by atoms with Crippen LogP contribution < -0.4 is 10.6 Å². The lowest BCUT2D eigenvalue weighted by Crippen LogP contribution is -2.33. The van der Waals surface area contributed by atoms with Gasteiger partial charge in [0.05, 0.1) is 10.6 Å². The fourth-order valence-corrected chi connectivity index (χ4v) is 2.60. The molecule has 0 aliphatic rings. The molecular formula is C13H20ClN3OS. The van der Waals surface area contributed by atoms with Gasteiger partial charge in [-0.2, -0.15) is 11.8 Å². The highest BCUT2D eigenvalue weighted by Gasteiger charge is 2.12. The third kappa shape index (κ3) is 5.28. The minimum Gasteiger partial charge on any atom is -0.372 e.